The SMILES string of the molecule is CCNC1CCN(c2c(Cl)cc(F)cc2Br)CC1. The van der Waals surface area contributed by atoms with E-state index in [0.29, 0.717) is 11.1 Å². The molecule has 0 radical (unpaired) electrons. The second-order valence-electron chi connectivity index (χ2n) is 4.54. The lowest BCUT2D eigenvalue weighted by Crippen LogP contribution is -2.42. The van der Waals surface area contributed by atoms with Crippen molar-refractivity contribution >= 4 is 33.2 Å². The van der Waals surface area contributed by atoms with Gasteiger partial charge >= 0.3 is 0 Å². The topological polar surface area (TPSA) is 15.3 Å². The van der Waals surface area contributed by atoms with Gasteiger partial charge in [-0.05, 0) is 47.4 Å². The van der Waals surface area contributed by atoms with Crippen molar-refractivity contribution in [2.75, 3.05) is 24.5 Å². The van der Waals surface area contributed by atoms with Gasteiger partial charge in [0.25, 0.3) is 0 Å². The molecule has 100 valence electrons. The van der Waals surface area contributed by atoms with Crippen molar-refractivity contribution in [2.45, 2.75) is 25.8 Å². The number of rotatable bonds is 3. The Morgan fingerprint density at radius 1 is 1.44 bits per heavy atom. The summed E-state index contributed by atoms with van der Waals surface area (Å²) in [6.07, 6.45) is 2.18. The minimum Gasteiger partial charge on any atom is -0.369 e. The third kappa shape index (κ3) is 3.16. The lowest BCUT2D eigenvalue weighted by Gasteiger charge is -2.35. The Kier molecular flexibility index (Phi) is 4.87. The van der Waals surface area contributed by atoms with Crippen LogP contribution in [0, 0.1) is 5.82 Å². The Balaban J connectivity index is 2.10. The highest BCUT2D eigenvalue weighted by atomic mass is 79.9. The van der Waals surface area contributed by atoms with Gasteiger partial charge in [0, 0.05) is 23.6 Å². The lowest BCUT2D eigenvalue weighted by molar-refractivity contribution is 0.423. The van der Waals surface area contributed by atoms with Gasteiger partial charge in [-0.3, -0.25) is 0 Å². The Labute approximate surface area is 121 Å². The van der Waals surface area contributed by atoms with E-state index in [2.05, 4.69) is 33.1 Å². The first kappa shape index (κ1) is 14.1. The van der Waals surface area contributed by atoms with Gasteiger partial charge in [-0.1, -0.05) is 18.5 Å². The number of halogens is 3. The first-order valence-electron chi connectivity index (χ1n) is 6.24. The number of nitrogens with one attached hydrogen (secondary N) is 1. The van der Waals surface area contributed by atoms with Crippen molar-refractivity contribution in [3.05, 3.63) is 27.4 Å². The molecule has 1 aliphatic heterocycles. The third-order valence-corrected chi connectivity index (χ3v) is 4.18. The second kappa shape index (κ2) is 6.22. The standard InChI is InChI=1S/C13H17BrClFN2/c1-2-17-10-3-5-18(6-4-10)13-11(14)7-9(16)8-12(13)15/h7-8,10,17H,2-6H2,1H3. The molecule has 1 N–H and O–H groups in total. The van der Waals surface area contributed by atoms with Crippen LogP contribution >= 0.6 is 27.5 Å². The first-order valence-corrected chi connectivity index (χ1v) is 7.41. The molecule has 1 aromatic rings. The quantitative estimate of drug-likeness (QED) is 0.903. The average Bonchev–Trinajstić information content (AvgIpc) is 2.30. The monoisotopic (exact) mass is 334 g/mol. The van der Waals surface area contributed by atoms with Crippen LogP contribution in [0.1, 0.15) is 19.8 Å². The maximum Gasteiger partial charge on any atom is 0.125 e. The maximum atomic E-state index is 13.2. The van der Waals surface area contributed by atoms with Crippen LogP contribution in [0.2, 0.25) is 5.02 Å². The van der Waals surface area contributed by atoms with E-state index in [0.717, 1.165) is 42.6 Å². The lowest BCUT2D eigenvalue weighted by atomic mass is 10.0. The highest BCUT2D eigenvalue weighted by molar-refractivity contribution is 9.10. The molecule has 2 nitrogen and oxygen atoms in total. The van der Waals surface area contributed by atoms with Gasteiger partial charge in [0.05, 0.1) is 10.7 Å². The molecule has 1 aromatic carbocycles. The Morgan fingerprint density at radius 3 is 2.67 bits per heavy atom. The van der Waals surface area contributed by atoms with E-state index < -0.39 is 0 Å². The number of anilines is 1. The summed E-state index contributed by atoms with van der Waals surface area (Å²) in [7, 11) is 0. The molecule has 0 aromatic heterocycles. The van der Waals surface area contributed by atoms with Gasteiger partial charge < -0.3 is 10.2 Å². The molecule has 0 bridgehead atoms. The van der Waals surface area contributed by atoms with Crippen LogP contribution in [-0.2, 0) is 0 Å². The van der Waals surface area contributed by atoms with E-state index in [1.165, 1.54) is 12.1 Å². The number of hydrogen-bond acceptors (Lipinski definition) is 2. The average molecular weight is 336 g/mol. The maximum absolute atomic E-state index is 13.2. The molecular weight excluding hydrogens is 319 g/mol. The summed E-state index contributed by atoms with van der Waals surface area (Å²) < 4.78 is 13.9. The number of benzene rings is 1. The van der Waals surface area contributed by atoms with Gasteiger partial charge in [-0.15, -0.1) is 0 Å². The Morgan fingerprint density at radius 2 is 2.11 bits per heavy atom. The summed E-state index contributed by atoms with van der Waals surface area (Å²) in [5.41, 5.74) is 0.910. The van der Waals surface area contributed by atoms with E-state index >= 15 is 0 Å². The van der Waals surface area contributed by atoms with Gasteiger partial charge in [0.15, 0.2) is 0 Å². The molecule has 0 aliphatic carbocycles. The van der Waals surface area contributed by atoms with Crippen molar-refractivity contribution < 1.29 is 4.39 Å². The highest BCUT2D eigenvalue weighted by Crippen LogP contribution is 2.36. The minimum absolute atomic E-state index is 0.307. The molecular formula is C13H17BrClFN2. The van der Waals surface area contributed by atoms with Crippen LogP contribution in [0.25, 0.3) is 0 Å². The van der Waals surface area contributed by atoms with Gasteiger partial charge in [0.1, 0.15) is 5.82 Å². The molecule has 0 unspecified atom stereocenters. The largest absolute Gasteiger partial charge is 0.369 e. The summed E-state index contributed by atoms with van der Waals surface area (Å²) in [4.78, 5) is 2.22. The molecule has 18 heavy (non-hydrogen) atoms. The fraction of sp³-hybridized carbons (Fsp3) is 0.538. The smallest absolute Gasteiger partial charge is 0.125 e. The number of nitrogens with zero attached hydrogens (tertiary/aromatic N) is 1. The van der Waals surface area contributed by atoms with Crippen LogP contribution in [-0.4, -0.2) is 25.7 Å². The molecule has 1 saturated heterocycles. The van der Waals surface area contributed by atoms with Crippen LogP contribution in [0.4, 0.5) is 10.1 Å². The summed E-state index contributed by atoms with van der Waals surface area (Å²) in [5, 5.41) is 3.94. The zero-order valence-electron chi connectivity index (χ0n) is 10.3. The van der Waals surface area contributed by atoms with E-state index in [1.807, 2.05) is 0 Å². The summed E-state index contributed by atoms with van der Waals surface area (Å²) in [5.74, 6) is -0.307. The van der Waals surface area contributed by atoms with Crippen molar-refractivity contribution in [3.8, 4) is 0 Å². The van der Waals surface area contributed by atoms with Crippen molar-refractivity contribution in [3.63, 3.8) is 0 Å². The summed E-state index contributed by atoms with van der Waals surface area (Å²) in [6, 6.07) is 3.43. The Hall–Kier alpha value is -0.320. The van der Waals surface area contributed by atoms with Crippen molar-refractivity contribution in [2.24, 2.45) is 0 Å². The van der Waals surface area contributed by atoms with Gasteiger partial charge in [0.2, 0.25) is 0 Å². The van der Waals surface area contributed by atoms with Crippen molar-refractivity contribution in [1.82, 2.24) is 5.32 Å². The first-order chi connectivity index (χ1) is 8.61. The molecule has 2 rings (SSSR count). The molecule has 1 aliphatic rings. The summed E-state index contributed by atoms with van der Waals surface area (Å²) in [6.45, 7) is 5.02. The Bertz CT molecular complexity index is 396. The molecule has 0 saturated carbocycles. The van der Waals surface area contributed by atoms with Crippen LogP contribution in [0.3, 0.4) is 0 Å². The third-order valence-electron chi connectivity index (χ3n) is 3.29. The van der Waals surface area contributed by atoms with Crippen LogP contribution in [0.15, 0.2) is 16.6 Å². The van der Waals surface area contributed by atoms with E-state index in [9.17, 15) is 4.39 Å². The zero-order valence-corrected chi connectivity index (χ0v) is 12.7. The number of piperidine rings is 1. The predicted octanol–water partition coefficient (Wildman–Crippen LogP) is 3.82. The molecule has 1 heterocycles. The van der Waals surface area contributed by atoms with Gasteiger partial charge in [-0.2, -0.15) is 0 Å². The fourth-order valence-electron chi connectivity index (χ4n) is 2.43. The molecule has 5 heteroatoms. The second-order valence-corrected chi connectivity index (χ2v) is 5.80. The van der Waals surface area contributed by atoms with E-state index in [4.69, 9.17) is 11.6 Å². The molecule has 0 amide bonds. The number of hydrogen-bond donors (Lipinski definition) is 1. The van der Waals surface area contributed by atoms with Crippen LogP contribution in [0.5, 0.6) is 0 Å². The van der Waals surface area contributed by atoms with Crippen LogP contribution < -0.4 is 10.2 Å². The minimum atomic E-state index is -0.307. The molecule has 0 spiro atoms. The fourth-order valence-corrected chi connectivity index (χ4v) is 3.56. The molecule has 1 fully saturated rings. The zero-order chi connectivity index (χ0) is 13.1. The highest BCUT2D eigenvalue weighted by Gasteiger charge is 2.22. The predicted molar refractivity (Wildman–Crippen MR) is 78.0 cm³/mol. The van der Waals surface area contributed by atoms with Crippen molar-refractivity contribution in [1.29, 1.82) is 0 Å². The van der Waals surface area contributed by atoms with Gasteiger partial charge in [-0.25, -0.2) is 4.39 Å². The summed E-state index contributed by atoms with van der Waals surface area (Å²) >= 11 is 9.54. The van der Waals surface area contributed by atoms with E-state index in [-0.39, 0.29) is 5.82 Å². The normalized spacial score (nSPS) is 17.2. The molecule has 0 atom stereocenters. The van der Waals surface area contributed by atoms with E-state index in [1.54, 1.807) is 0 Å².